The van der Waals surface area contributed by atoms with Gasteiger partial charge in [-0.05, 0) is 43.9 Å². The van der Waals surface area contributed by atoms with E-state index in [0.29, 0.717) is 0 Å². The summed E-state index contributed by atoms with van der Waals surface area (Å²) in [4.78, 5) is 25.1. The van der Waals surface area contributed by atoms with Gasteiger partial charge in [0.2, 0.25) is 0 Å². The average Bonchev–Trinajstić information content (AvgIpc) is 3.13. The fraction of sp³-hybridized carbons (Fsp3) is 0.727. The van der Waals surface area contributed by atoms with Crippen LogP contribution in [-0.4, -0.2) is 38.1 Å². The van der Waals surface area contributed by atoms with Crippen molar-refractivity contribution in [3.05, 3.63) is 53.6 Å². The van der Waals surface area contributed by atoms with Gasteiger partial charge in [-0.2, -0.15) is 0 Å². The number of carbonyl (C=O) groups excluding carboxylic acids is 2. The summed E-state index contributed by atoms with van der Waals surface area (Å²) in [5, 5.41) is 0. The minimum absolute atomic E-state index is 0. The Labute approximate surface area is 367 Å². The summed E-state index contributed by atoms with van der Waals surface area (Å²) in [5.74, 6) is -1.67. The molecular weight excluding hydrogens is 712 g/mol. The van der Waals surface area contributed by atoms with Crippen molar-refractivity contribution in [2.24, 2.45) is 0 Å². The van der Waals surface area contributed by atoms with Crippen LogP contribution in [0, 0.1) is 0 Å². The molecule has 0 atom stereocenters. The van der Waals surface area contributed by atoms with Crippen LogP contribution in [-0.2, 0) is 19.6 Å². The minimum atomic E-state index is -4.83. The molecule has 1 aromatic carbocycles. The first-order chi connectivity index (χ1) is 25.3. The third-order valence-corrected chi connectivity index (χ3v) is 10.5. The van der Waals surface area contributed by atoms with Crippen LogP contribution in [0.3, 0.4) is 0 Å². The molecule has 0 bridgehead atoms. The van der Waals surface area contributed by atoms with Gasteiger partial charge in [0, 0.05) is 0 Å². The SMILES string of the molecule is CCCCCCCCCCCCCCC/C=C/COC(=O)c1ccc(S(=O)(=O)[O-])cc1C(=O)OC/C=C/CCCCCCCCCCCCCCC.[K+]. The van der Waals surface area contributed by atoms with Gasteiger partial charge in [0.25, 0.3) is 0 Å². The van der Waals surface area contributed by atoms with Crippen molar-refractivity contribution in [3.63, 3.8) is 0 Å². The van der Waals surface area contributed by atoms with E-state index in [1.54, 1.807) is 12.2 Å². The first kappa shape index (κ1) is 52.2. The van der Waals surface area contributed by atoms with Crippen molar-refractivity contribution in [3.8, 4) is 0 Å². The number of allylic oxidation sites excluding steroid dienone is 2. The smallest absolute Gasteiger partial charge is 0.744 e. The van der Waals surface area contributed by atoms with Gasteiger partial charge in [-0.15, -0.1) is 0 Å². The Morgan fingerprint density at radius 2 is 0.830 bits per heavy atom. The molecular formula is C44H73KO7S. The van der Waals surface area contributed by atoms with E-state index in [1.807, 2.05) is 12.2 Å². The van der Waals surface area contributed by atoms with Gasteiger partial charge in [-0.3, -0.25) is 0 Å². The zero-order chi connectivity index (χ0) is 38.0. The van der Waals surface area contributed by atoms with Crippen molar-refractivity contribution in [1.82, 2.24) is 0 Å². The van der Waals surface area contributed by atoms with E-state index in [1.165, 1.54) is 148 Å². The Kier molecular flexibility index (Phi) is 36.2. The number of esters is 2. The van der Waals surface area contributed by atoms with Crippen molar-refractivity contribution < 1.29 is 83.4 Å². The van der Waals surface area contributed by atoms with Crippen molar-refractivity contribution in [1.29, 1.82) is 0 Å². The van der Waals surface area contributed by atoms with Crippen LogP contribution >= 0.6 is 0 Å². The van der Waals surface area contributed by atoms with E-state index in [9.17, 15) is 22.6 Å². The summed E-state index contributed by atoms with van der Waals surface area (Å²) < 4.78 is 45.5. The molecule has 0 unspecified atom stereocenters. The third kappa shape index (κ3) is 30.1. The molecule has 0 saturated heterocycles. The molecule has 7 nitrogen and oxygen atoms in total. The second-order valence-electron chi connectivity index (χ2n) is 14.4. The van der Waals surface area contributed by atoms with E-state index >= 15 is 0 Å². The molecule has 0 spiro atoms. The molecule has 0 aliphatic heterocycles. The monoisotopic (exact) mass is 784 g/mol. The Hall–Kier alpha value is -0.814. The number of carbonyl (C=O) groups is 2. The molecule has 1 rings (SSSR count). The van der Waals surface area contributed by atoms with Crippen LogP contribution in [0.5, 0.6) is 0 Å². The van der Waals surface area contributed by atoms with E-state index in [4.69, 9.17) is 9.47 Å². The van der Waals surface area contributed by atoms with Gasteiger partial charge in [0.1, 0.15) is 23.3 Å². The van der Waals surface area contributed by atoms with Crippen LogP contribution in [0.1, 0.15) is 214 Å². The summed E-state index contributed by atoms with van der Waals surface area (Å²) in [5.41, 5.74) is -0.444. The number of hydrogen-bond donors (Lipinski definition) is 0. The van der Waals surface area contributed by atoms with Gasteiger partial charge < -0.3 is 14.0 Å². The Morgan fingerprint density at radius 1 is 0.509 bits per heavy atom. The standard InChI is InChI=1S/C44H74O7S.K/c1-3-5-7-9-11-13-15-17-19-21-23-25-27-29-31-33-37-50-43(45)41-36-35-40(52(47,48)49)39-42(41)44(46)51-38-34-32-30-28-26-24-22-20-18-16-14-12-10-8-6-4-2;/h31-36,39H,3-30,37-38H2,1-2H3,(H,47,48,49);/q;+1/p-1/b33-31+,34-32+;. The Balaban J connectivity index is 0.0000270. The Morgan fingerprint density at radius 3 is 1.17 bits per heavy atom. The molecule has 0 fully saturated rings. The topological polar surface area (TPSA) is 110 Å². The maximum atomic E-state index is 12.9. The maximum Gasteiger partial charge on any atom is 1.00 e. The summed E-state index contributed by atoms with van der Waals surface area (Å²) in [6, 6.07) is 3.03. The van der Waals surface area contributed by atoms with Crippen LogP contribution in [0.2, 0.25) is 0 Å². The second-order valence-corrected chi connectivity index (χ2v) is 15.7. The third-order valence-electron chi connectivity index (χ3n) is 9.62. The number of ether oxygens (including phenoxy) is 2. The number of rotatable bonds is 35. The first-order valence-electron chi connectivity index (χ1n) is 21.0. The van der Waals surface area contributed by atoms with E-state index in [-0.39, 0.29) is 75.7 Å². The molecule has 0 heterocycles. The van der Waals surface area contributed by atoms with E-state index in [2.05, 4.69) is 13.8 Å². The summed E-state index contributed by atoms with van der Waals surface area (Å²) in [6.07, 6.45) is 43.1. The molecule has 0 saturated carbocycles. The summed E-state index contributed by atoms with van der Waals surface area (Å²) >= 11 is 0. The van der Waals surface area contributed by atoms with Gasteiger partial charge in [-0.1, -0.05) is 192 Å². The first-order valence-corrected chi connectivity index (χ1v) is 22.5. The fourth-order valence-electron chi connectivity index (χ4n) is 6.36. The molecule has 0 N–H and O–H groups in total. The fourth-order valence-corrected chi connectivity index (χ4v) is 6.86. The second kappa shape index (κ2) is 36.8. The molecule has 9 heteroatoms. The number of benzene rings is 1. The molecule has 0 radical (unpaired) electrons. The molecule has 0 aromatic heterocycles. The van der Waals surface area contributed by atoms with Crippen LogP contribution in [0.15, 0.2) is 47.4 Å². The van der Waals surface area contributed by atoms with Gasteiger partial charge >= 0.3 is 63.3 Å². The molecule has 0 aliphatic rings. The Bertz CT molecular complexity index is 1210. The zero-order valence-electron chi connectivity index (χ0n) is 34.0. The molecule has 298 valence electrons. The largest absolute Gasteiger partial charge is 1.00 e. The van der Waals surface area contributed by atoms with Gasteiger partial charge in [-0.25, -0.2) is 18.0 Å². The molecule has 0 amide bonds. The average molecular weight is 785 g/mol. The number of unbranched alkanes of at least 4 members (excludes halogenated alkanes) is 26. The normalized spacial score (nSPS) is 11.7. The zero-order valence-corrected chi connectivity index (χ0v) is 38.0. The molecule has 1 aromatic rings. The van der Waals surface area contributed by atoms with Gasteiger partial charge in [0.05, 0.1) is 16.0 Å². The van der Waals surface area contributed by atoms with E-state index in [0.717, 1.165) is 50.3 Å². The van der Waals surface area contributed by atoms with Crippen LogP contribution in [0.25, 0.3) is 0 Å². The van der Waals surface area contributed by atoms with Crippen LogP contribution < -0.4 is 51.4 Å². The molecule has 0 aliphatic carbocycles. The summed E-state index contributed by atoms with van der Waals surface area (Å²) in [7, 11) is -4.83. The van der Waals surface area contributed by atoms with E-state index < -0.39 is 27.0 Å². The predicted molar refractivity (Wildman–Crippen MR) is 214 cm³/mol. The van der Waals surface area contributed by atoms with Crippen LogP contribution in [0.4, 0.5) is 0 Å². The van der Waals surface area contributed by atoms with Crippen molar-refractivity contribution in [2.75, 3.05) is 13.2 Å². The molecule has 53 heavy (non-hydrogen) atoms. The van der Waals surface area contributed by atoms with Crippen molar-refractivity contribution >= 4 is 22.1 Å². The quantitative estimate of drug-likeness (QED) is 0.0222. The maximum absolute atomic E-state index is 12.9. The summed E-state index contributed by atoms with van der Waals surface area (Å²) in [6.45, 7) is 4.51. The predicted octanol–water partition coefficient (Wildman–Crippen LogP) is 9.98. The minimum Gasteiger partial charge on any atom is -0.744 e. The number of hydrogen-bond acceptors (Lipinski definition) is 7. The van der Waals surface area contributed by atoms with Crippen molar-refractivity contribution in [2.45, 2.75) is 199 Å². The van der Waals surface area contributed by atoms with Gasteiger partial charge in [0.15, 0.2) is 0 Å².